The Morgan fingerprint density at radius 3 is 2.38 bits per heavy atom. The molecule has 0 aliphatic carbocycles. The Balaban J connectivity index is 1.09. The topological polar surface area (TPSA) is 143 Å². The van der Waals surface area contributed by atoms with Gasteiger partial charge in [0.05, 0.1) is 24.7 Å². The Bertz CT molecular complexity index is 2340. The zero-order valence-corrected chi connectivity index (χ0v) is 32.5. The Kier molecular flexibility index (Phi) is 10.8. The molecule has 2 atom stereocenters. The summed E-state index contributed by atoms with van der Waals surface area (Å²) in [5.41, 5.74) is 4.75. The van der Waals surface area contributed by atoms with Crippen LogP contribution in [-0.4, -0.2) is 114 Å². The second-order valence-corrected chi connectivity index (χ2v) is 15.4. The summed E-state index contributed by atoms with van der Waals surface area (Å²) in [6.07, 6.45) is 5.14. The number of rotatable bonds is 13. The number of aliphatic hydroxyl groups excluding tert-OH is 1. The quantitative estimate of drug-likeness (QED) is 0.135. The number of aromatic nitrogens is 2. The number of aryl methyl sites for hydroxylation is 2. The van der Waals surface area contributed by atoms with Gasteiger partial charge in [-0.1, -0.05) is 72.8 Å². The molecule has 5 aromatic rings. The summed E-state index contributed by atoms with van der Waals surface area (Å²) in [4.78, 5) is 66.7. The first kappa shape index (κ1) is 38.6. The molecule has 0 unspecified atom stereocenters. The van der Waals surface area contributed by atoms with Crippen molar-refractivity contribution < 1.29 is 29.4 Å². The van der Waals surface area contributed by atoms with E-state index in [1.54, 1.807) is 56.4 Å². The largest absolute Gasteiger partial charge is 0.508 e. The third kappa shape index (κ3) is 7.70. The van der Waals surface area contributed by atoms with E-state index in [9.17, 15) is 29.4 Å². The number of aliphatic hydroxyl groups is 1. The van der Waals surface area contributed by atoms with Crippen LogP contribution < -0.4 is 4.90 Å². The standard InChI is InChI=1S/C45H47N7O6/c1-3-20-50-29-43(57)51-38(21-31-12-16-34(53)17-13-31)45(58)49(28-41(51)52(50)42(56)19-15-30-8-5-4-6-9-30)24-33-10-7-11-36-37(27-47(2)44(33)36)39(55)22-32-14-18-40(46-23-32)48-25-35(54)26-48/h3-14,16-18,23,27,35,38,41,53-54H,1,15,19-22,24-26,28-29H2,2H3/t38-,41-/m0/s1. The molecule has 3 amide bonds. The number of Topliss-reactive ketones (excluding diaryl/α,β-unsaturated/α-hetero) is 1. The molecule has 0 radical (unpaired) electrons. The summed E-state index contributed by atoms with van der Waals surface area (Å²) < 4.78 is 1.92. The highest BCUT2D eigenvalue weighted by molar-refractivity contribution is 6.09. The Morgan fingerprint density at radius 2 is 1.67 bits per heavy atom. The number of amides is 3. The lowest BCUT2D eigenvalue weighted by molar-refractivity contribution is -0.205. The molecule has 8 rings (SSSR count). The van der Waals surface area contributed by atoms with Crippen molar-refractivity contribution in [1.29, 1.82) is 0 Å². The molecule has 3 fully saturated rings. The van der Waals surface area contributed by atoms with Crippen molar-refractivity contribution in [3.63, 3.8) is 0 Å². The number of carbonyl (C=O) groups excluding carboxylic acids is 4. The van der Waals surface area contributed by atoms with E-state index in [0.29, 0.717) is 25.1 Å². The van der Waals surface area contributed by atoms with Crippen molar-refractivity contribution in [2.75, 3.05) is 37.6 Å². The third-order valence-corrected chi connectivity index (χ3v) is 11.4. The third-order valence-electron chi connectivity index (χ3n) is 11.4. The number of phenols is 1. The maximum Gasteiger partial charge on any atom is 0.246 e. The van der Waals surface area contributed by atoms with Crippen LogP contribution in [0.4, 0.5) is 5.82 Å². The van der Waals surface area contributed by atoms with E-state index in [1.807, 2.05) is 83.4 Å². The Hall–Kier alpha value is -6.31. The van der Waals surface area contributed by atoms with E-state index in [4.69, 9.17) is 0 Å². The van der Waals surface area contributed by atoms with Gasteiger partial charge < -0.3 is 29.5 Å². The summed E-state index contributed by atoms with van der Waals surface area (Å²) in [5, 5.41) is 23.8. The smallest absolute Gasteiger partial charge is 0.246 e. The van der Waals surface area contributed by atoms with Crippen LogP contribution in [0.1, 0.15) is 39.0 Å². The van der Waals surface area contributed by atoms with E-state index >= 15 is 0 Å². The second kappa shape index (κ2) is 16.3. The van der Waals surface area contributed by atoms with E-state index in [-0.39, 0.29) is 80.8 Å². The SMILES string of the molecule is C=CCN1CC(=O)N2[C@@H](Cc3ccc(O)cc3)C(=O)N(Cc3cccc4c(C(=O)Cc5ccc(N6CC(O)C6)nc5)cn(C)c34)C[C@@H]2N1C(=O)CCc1ccccc1. The molecule has 13 heteroatoms. The van der Waals surface area contributed by atoms with Crippen LogP contribution in [0.5, 0.6) is 5.75 Å². The fourth-order valence-electron chi connectivity index (χ4n) is 8.51. The summed E-state index contributed by atoms with van der Waals surface area (Å²) in [5.74, 6) is 0.119. The molecule has 13 nitrogen and oxygen atoms in total. The molecule has 3 saturated heterocycles. The minimum absolute atomic E-state index is 0.0667. The van der Waals surface area contributed by atoms with Gasteiger partial charge in [-0.15, -0.1) is 6.58 Å². The molecule has 3 aromatic carbocycles. The number of phenolic OH excluding ortho intramolecular Hbond substituents is 1. The molecule has 58 heavy (non-hydrogen) atoms. The molecule has 3 aliphatic heterocycles. The van der Waals surface area contributed by atoms with E-state index in [2.05, 4.69) is 11.6 Å². The van der Waals surface area contributed by atoms with Gasteiger partial charge >= 0.3 is 0 Å². The average molecular weight is 782 g/mol. The predicted molar refractivity (Wildman–Crippen MR) is 218 cm³/mol. The number of nitrogens with zero attached hydrogens (tertiary/aromatic N) is 7. The second-order valence-electron chi connectivity index (χ2n) is 15.4. The van der Waals surface area contributed by atoms with Gasteiger partial charge in [-0.05, 0) is 46.9 Å². The summed E-state index contributed by atoms with van der Waals surface area (Å²) in [7, 11) is 1.88. The summed E-state index contributed by atoms with van der Waals surface area (Å²) in [6.45, 7) is 5.42. The number of fused-ring (bicyclic) bond motifs is 2. The number of pyridine rings is 1. The number of aromatic hydroxyl groups is 1. The maximum absolute atomic E-state index is 14.7. The van der Waals surface area contributed by atoms with Crippen molar-refractivity contribution in [2.24, 2.45) is 7.05 Å². The normalized spacial score (nSPS) is 18.7. The lowest BCUT2D eigenvalue weighted by Crippen LogP contribution is -2.75. The number of anilines is 1. The first-order chi connectivity index (χ1) is 28.1. The average Bonchev–Trinajstić information content (AvgIpc) is 3.56. The predicted octanol–water partition coefficient (Wildman–Crippen LogP) is 3.87. The summed E-state index contributed by atoms with van der Waals surface area (Å²) >= 11 is 0. The van der Waals surface area contributed by atoms with Crippen LogP contribution in [0.2, 0.25) is 0 Å². The number of hydrogen-bond acceptors (Lipinski definition) is 9. The van der Waals surface area contributed by atoms with E-state index in [1.165, 1.54) is 0 Å². The van der Waals surface area contributed by atoms with Crippen molar-refractivity contribution in [2.45, 2.75) is 50.5 Å². The molecule has 2 N–H and O–H groups in total. The molecule has 0 saturated carbocycles. The molecule has 0 bridgehead atoms. The molecule has 298 valence electrons. The van der Waals surface area contributed by atoms with Crippen molar-refractivity contribution in [3.05, 3.63) is 138 Å². The fraction of sp³-hybridized carbons (Fsp3) is 0.311. The molecule has 5 heterocycles. The minimum atomic E-state index is -0.915. The van der Waals surface area contributed by atoms with Crippen LogP contribution in [0.15, 0.2) is 110 Å². The van der Waals surface area contributed by atoms with Gasteiger partial charge in [-0.3, -0.25) is 19.2 Å². The number of benzene rings is 3. The fourth-order valence-corrected chi connectivity index (χ4v) is 8.51. The van der Waals surface area contributed by atoms with Gasteiger partial charge in [0.25, 0.3) is 0 Å². The first-order valence-electron chi connectivity index (χ1n) is 19.7. The van der Waals surface area contributed by atoms with Crippen molar-refractivity contribution in [1.82, 2.24) is 29.4 Å². The van der Waals surface area contributed by atoms with Crippen LogP contribution in [0.3, 0.4) is 0 Å². The minimum Gasteiger partial charge on any atom is -0.508 e. The van der Waals surface area contributed by atoms with Crippen molar-refractivity contribution in [3.8, 4) is 5.75 Å². The van der Waals surface area contributed by atoms with Gasteiger partial charge in [0.15, 0.2) is 5.78 Å². The number of para-hydroxylation sites is 1. The monoisotopic (exact) mass is 781 g/mol. The highest BCUT2D eigenvalue weighted by atomic mass is 16.3. The van der Waals surface area contributed by atoms with E-state index in [0.717, 1.165) is 39.0 Å². The number of carbonyl (C=O) groups is 4. The molecular formula is C45H47N7O6. The Labute approximate surface area is 337 Å². The number of ketones is 1. The van der Waals surface area contributed by atoms with Crippen molar-refractivity contribution >= 4 is 40.2 Å². The van der Waals surface area contributed by atoms with Gasteiger partial charge in [0.2, 0.25) is 17.7 Å². The molecule has 3 aliphatic rings. The number of piperazine rings is 1. The van der Waals surface area contributed by atoms with Crippen LogP contribution in [0.25, 0.3) is 10.9 Å². The maximum atomic E-state index is 14.7. The van der Waals surface area contributed by atoms with Gasteiger partial charge in [-0.2, -0.15) is 0 Å². The van der Waals surface area contributed by atoms with Gasteiger partial charge in [0, 0.05) is 75.8 Å². The number of β-amino-alcohol motifs (C(OH)–C–C–N with tert-alkyl or cyclic N) is 1. The van der Waals surface area contributed by atoms with Crippen LogP contribution in [0, 0.1) is 0 Å². The zero-order chi connectivity index (χ0) is 40.5. The summed E-state index contributed by atoms with van der Waals surface area (Å²) in [6, 6.07) is 25.0. The molecule has 2 aromatic heterocycles. The number of hydrogen-bond donors (Lipinski definition) is 2. The molecule has 0 spiro atoms. The number of hydrazine groups is 1. The highest BCUT2D eigenvalue weighted by Gasteiger charge is 2.51. The Morgan fingerprint density at radius 1 is 0.914 bits per heavy atom. The van der Waals surface area contributed by atoms with Gasteiger partial charge in [-0.25, -0.2) is 15.0 Å². The van der Waals surface area contributed by atoms with E-state index < -0.39 is 12.2 Å². The lowest BCUT2D eigenvalue weighted by Gasteiger charge is -2.55. The zero-order valence-electron chi connectivity index (χ0n) is 32.5. The van der Waals surface area contributed by atoms with Crippen LogP contribution >= 0.6 is 0 Å². The first-order valence-corrected chi connectivity index (χ1v) is 19.7. The lowest BCUT2D eigenvalue weighted by atomic mass is 9.97. The van der Waals surface area contributed by atoms with Gasteiger partial charge in [0.1, 0.15) is 23.8 Å². The van der Waals surface area contributed by atoms with Crippen LogP contribution in [-0.2, 0) is 47.2 Å². The molecular weight excluding hydrogens is 735 g/mol. The highest BCUT2D eigenvalue weighted by Crippen LogP contribution is 2.32.